The normalized spacial score (nSPS) is 23.5. The van der Waals surface area contributed by atoms with Gasteiger partial charge in [-0.1, -0.05) is 29.4 Å². The zero-order chi connectivity index (χ0) is 21.5. The van der Waals surface area contributed by atoms with Crippen LogP contribution in [0.5, 0.6) is 0 Å². The summed E-state index contributed by atoms with van der Waals surface area (Å²) in [7, 11) is 0. The molecule has 4 rings (SSSR count). The Bertz CT molecular complexity index is 792. The van der Waals surface area contributed by atoms with E-state index in [1.54, 1.807) is 0 Å². The SMILES string of the molecule is O=C(O)CN1CCCN(CC2CC(c3ccc(C=NN4CCOCC4)cc3)=NO2)CC1. The van der Waals surface area contributed by atoms with Gasteiger partial charge in [-0.05, 0) is 24.1 Å². The van der Waals surface area contributed by atoms with Crippen LogP contribution in [0.3, 0.4) is 0 Å². The van der Waals surface area contributed by atoms with Crippen LogP contribution in [0.15, 0.2) is 34.5 Å². The van der Waals surface area contributed by atoms with E-state index in [9.17, 15) is 4.79 Å². The summed E-state index contributed by atoms with van der Waals surface area (Å²) in [5.41, 5.74) is 3.11. The molecule has 3 heterocycles. The number of carbonyl (C=O) groups is 1. The molecular formula is C22H31N5O4. The van der Waals surface area contributed by atoms with E-state index in [2.05, 4.69) is 39.4 Å². The van der Waals surface area contributed by atoms with E-state index in [4.69, 9.17) is 14.7 Å². The highest BCUT2D eigenvalue weighted by atomic mass is 16.6. The van der Waals surface area contributed by atoms with Crippen molar-refractivity contribution in [1.82, 2.24) is 14.8 Å². The van der Waals surface area contributed by atoms with Crippen LogP contribution >= 0.6 is 0 Å². The number of aliphatic carboxylic acids is 1. The highest BCUT2D eigenvalue weighted by Gasteiger charge is 2.26. The van der Waals surface area contributed by atoms with Gasteiger partial charge in [0.15, 0.2) is 0 Å². The van der Waals surface area contributed by atoms with Crippen LogP contribution in [0.2, 0.25) is 0 Å². The molecule has 2 fully saturated rings. The fraction of sp³-hybridized carbons (Fsp3) is 0.591. The summed E-state index contributed by atoms with van der Waals surface area (Å²) in [6.07, 6.45) is 3.69. The Morgan fingerprint density at radius 3 is 2.61 bits per heavy atom. The Labute approximate surface area is 182 Å². The standard InChI is InChI=1S/C22H31N5O4/c28-22(29)17-26-7-1-6-25(8-9-26)16-20-14-21(24-31-20)19-4-2-18(3-5-19)15-23-27-10-12-30-13-11-27/h2-5,15,20H,1,6-14,16-17H2,(H,28,29). The number of nitrogens with zero attached hydrogens (tertiary/aromatic N) is 5. The van der Waals surface area contributed by atoms with Crippen molar-refractivity contribution in [3.63, 3.8) is 0 Å². The molecule has 1 aromatic carbocycles. The van der Waals surface area contributed by atoms with Gasteiger partial charge in [0.1, 0.15) is 6.10 Å². The number of oxime groups is 1. The van der Waals surface area contributed by atoms with Gasteiger partial charge in [0.05, 0.1) is 44.8 Å². The van der Waals surface area contributed by atoms with E-state index < -0.39 is 5.97 Å². The lowest BCUT2D eigenvalue weighted by Gasteiger charge is -2.23. The van der Waals surface area contributed by atoms with Crippen molar-refractivity contribution in [2.24, 2.45) is 10.3 Å². The third-order valence-corrected chi connectivity index (χ3v) is 5.84. The van der Waals surface area contributed by atoms with E-state index in [0.29, 0.717) is 0 Å². The Morgan fingerprint density at radius 2 is 1.84 bits per heavy atom. The van der Waals surface area contributed by atoms with Crippen LogP contribution in [0.4, 0.5) is 0 Å². The first kappa shape index (κ1) is 21.7. The van der Waals surface area contributed by atoms with Gasteiger partial charge in [-0.15, -0.1) is 0 Å². The number of ether oxygens (including phenoxy) is 1. The highest BCUT2D eigenvalue weighted by Crippen LogP contribution is 2.19. The number of carboxylic acid groups (broad SMARTS) is 1. The van der Waals surface area contributed by atoms with Gasteiger partial charge in [-0.3, -0.25) is 19.6 Å². The number of hydrazone groups is 1. The number of hydrogen-bond acceptors (Lipinski definition) is 8. The average molecular weight is 430 g/mol. The first-order chi connectivity index (χ1) is 15.2. The van der Waals surface area contributed by atoms with Gasteiger partial charge in [0, 0.05) is 32.6 Å². The second-order valence-corrected chi connectivity index (χ2v) is 8.23. The van der Waals surface area contributed by atoms with Crippen molar-refractivity contribution >= 4 is 17.9 Å². The summed E-state index contributed by atoms with van der Waals surface area (Å²) in [4.78, 5) is 21.0. The molecule has 3 aliphatic rings. The maximum absolute atomic E-state index is 10.9. The number of hydrogen-bond donors (Lipinski definition) is 1. The third-order valence-electron chi connectivity index (χ3n) is 5.84. The second kappa shape index (κ2) is 10.7. The summed E-state index contributed by atoms with van der Waals surface area (Å²) >= 11 is 0. The molecule has 0 amide bonds. The smallest absolute Gasteiger partial charge is 0.317 e. The Kier molecular flexibility index (Phi) is 7.50. The summed E-state index contributed by atoms with van der Waals surface area (Å²) in [5, 5.41) is 19.9. The monoisotopic (exact) mass is 429 g/mol. The summed E-state index contributed by atoms with van der Waals surface area (Å²) in [6.45, 7) is 7.49. The molecule has 0 saturated carbocycles. The van der Waals surface area contributed by atoms with Crippen LogP contribution in [0.25, 0.3) is 0 Å². The second-order valence-electron chi connectivity index (χ2n) is 8.23. The molecule has 0 aromatic heterocycles. The maximum atomic E-state index is 10.9. The molecule has 1 atom stereocenters. The molecule has 9 heteroatoms. The molecule has 0 spiro atoms. The van der Waals surface area contributed by atoms with Crippen molar-refractivity contribution in [3.05, 3.63) is 35.4 Å². The maximum Gasteiger partial charge on any atom is 0.317 e. The molecule has 0 bridgehead atoms. The zero-order valence-electron chi connectivity index (χ0n) is 17.9. The van der Waals surface area contributed by atoms with Crippen molar-refractivity contribution in [1.29, 1.82) is 0 Å². The Balaban J connectivity index is 1.24. The molecule has 1 N–H and O–H groups in total. The van der Waals surface area contributed by atoms with Gasteiger partial charge in [0.2, 0.25) is 0 Å². The number of benzene rings is 1. The zero-order valence-corrected chi connectivity index (χ0v) is 17.9. The molecular weight excluding hydrogens is 398 g/mol. The Morgan fingerprint density at radius 1 is 1.10 bits per heavy atom. The van der Waals surface area contributed by atoms with E-state index in [1.165, 1.54) is 0 Å². The molecule has 0 aliphatic carbocycles. The predicted molar refractivity (Wildman–Crippen MR) is 118 cm³/mol. The minimum atomic E-state index is -0.760. The van der Waals surface area contributed by atoms with Gasteiger partial charge >= 0.3 is 5.97 Å². The van der Waals surface area contributed by atoms with E-state index >= 15 is 0 Å². The minimum absolute atomic E-state index is 0.0450. The van der Waals surface area contributed by atoms with Crippen molar-refractivity contribution < 1.29 is 19.5 Å². The lowest BCUT2D eigenvalue weighted by molar-refractivity contribution is -0.138. The summed E-state index contributed by atoms with van der Waals surface area (Å²) in [6, 6.07) is 8.25. The van der Waals surface area contributed by atoms with Gasteiger partial charge in [-0.25, -0.2) is 0 Å². The molecule has 3 aliphatic heterocycles. The third kappa shape index (κ3) is 6.49. The van der Waals surface area contributed by atoms with Crippen molar-refractivity contribution in [2.45, 2.75) is 18.9 Å². The lowest BCUT2D eigenvalue weighted by Crippen LogP contribution is -2.37. The topological polar surface area (TPSA) is 90.2 Å². The fourth-order valence-corrected chi connectivity index (χ4v) is 4.12. The summed E-state index contributed by atoms with van der Waals surface area (Å²) < 4.78 is 5.34. The van der Waals surface area contributed by atoms with Crippen LogP contribution in [0, 0.1) is 0 Å². The molecule has 2 saturated heterocycles. The first-order valence-electron chi connectivity index (χ1n) is 11.0. The van der Waals surface area contributed by atoms with Gasteiger partial charge < -0.3 is 14.7 Å². The lowest BCUT2D eigenvalue weighted by atomic mass is 10.0. The van der Waals surface area contributed by atoms with E-state index in [0.717, 1.165) is 88.7 Å². The molecule has 168 valence electrons. The van der Waals surface area contributed by atoms with Crippen LogP contribution in [0.1, 0.15) is 24.0 Å². The molecule has 31 heavy (non-hydrogen) atoms. The van der Waals surface area contributed by atoms with Crippen LogP contribution in [-0.2, 0) is 14.4 Å². The molecule has 0 radical (unpaired) electrons. The average Bonchev–Trinajstić information content (AvgIpc) is 3.14. The van der Waals surface area contributed by atoms with Crippen LogP contribution in [-0.4, -0.2) is 109 Å². The van der Waals surface area contributed by atoms with Gasteiger partial charge in [0.25, 0.3) is 0 Å². The molecule has 1 aromatic rings. The summed E-state index contributed by atoms with van der Waals surface area (Å²) in [5.74, 6) is -0.760. The number of rotatable bonds is 7. The van der Waals surface area contributed by atoms with Crippen molar-refractivity contribution in [3.8, 4) is 0 Å². The molecule has 1 unspecified atom stereocenters. The highest BCUT2D eigenvalue weighted by molar-refractivity contribution is 6.01. The van der Waals surface area contributed by atoms with Gasteiger partial charge in [-0.2, -0.15) is 5.10 Å². The van der Waals surface area contributed by atoms with E-state index in [-0.39, 0.29) is 12.6 Å². The first-order valence-corrected chi connectivity index (χ1v) is 11.0. The predicted octanol–water partition coefficient (Wildman–Crippen LogP) is 0.938. The number of carboxylic acids is 1. The number of morpholine rings is 1. The van der Waals surface area contributed by atoms with E-state index in [1.807, 2.05) is 16.1 Å². The Hall–Kier alpha value is -2.49. The molecule has 9 nitrogen and oxygen atoms in total. The minimum Gasteiger partial charge on any atom is -0.480 e. The van der Waals surface area contributed by atoms with Crippen LogP contribution < -0.4 is 0 Å². The fourth-order valence-electron chi connectivity index (χ4n) is 4.12. The van der Waals surface area contributed by atoms with Crippen molar-refractivity contribution in [2.75, 3.05) is 65.6 Å². The quantitative estimate of drug-likeness (QED) is 0.645. The largest absolute Gasteiger partial charge is 0.480 e.